The number of benzene rings is 6. The molecule has 374 valence electrons. The summed E-state index contributed by atoms with van der Waals surface area (Å²) in [7, 11) is 0. The largest absolute Gasteiger partial charge is 0.416 e. The Morgan fingerprint density at radius 1 is 0.465 bits per heavy atom. The van der Waals surface area contributed by atoms with Gasteiger partial charge in [0.25, 0.3) is 11.8 Å². The van der Waals surface area contributed by atoms with Crippen LogP contribution in [0.1, 0.15) is 121 Å². The van der Waals surface area contributed by atoms with E-state index in [1.54, 1.807) is 29.2 Å². The summed E-state index contributed by atoms with van der Waals surface area (Å²) in [6, 6.07) is 31.9. The van der Waals surface area contributed by atoms with Gasteiger partial charge in [-0.05, 0) is 132 Å². The summed E-state index contributed by atoms with van der Waals surface area (Å²) in [5.74, 6) is -1.23. The fraction of sp³-hybridized carbons (Fsp3) is 0.309. The summed E-state index contributed by atoms with van der Waals surface area (Å²) in [4.78, 5) is 29.5. The summed E-state index contributed by atoms with van der Waals surface area (Å²) in [6.45, 7) is 0.491. The molecule has 4 nitrogen and oxygen atoms in total. The number of hydrogen-bond donors (Lipinski definition) is 0. The van der Waals surface area contributed by atoms with Gasteiger partial charge in [-0.1, -0.05) is 121 Å². The van der Waals surface area contributed by atoms with Crippen molar-refractivity contribution >= 4 is 35.0 Å². The number of halogens is 12. The van der Waals surface area contributed by atoms with Gasteiger partial charge in [0.05, 0.1) is 16.7 Å². The van der Waals surface area contributed by atoms with Crippen molar-refractivity contribution < 1.29 is 53.5 Å². The van der Waals surface area contributed by atoms with E-state index < -0.39 is 52.5 Å². The summed E-state index contributed by atoms with van der Waals surface area (Å²) >= 11 is 12.2. The monoisotopic (exact) mass is 1030 g/mol. The van der Waals surface area contributed by atoms with Crippen molar-refractivity contribution in [3.8, 4) is 0 Å². The van der Waals surface area contributed by atoms with E-state index in [9.17, 15) is 53.5 Å². The molecule has 0 unspecified atom stereocenters. The van der Waals surface area contributed by atoms with Crippen LogP contribution in [0.2, 0.25) is 10.0 Å². The van der Waals surface area contributed by atoms with Crippen molar-refractivity contribution in [2.24, 2.45) is 0 Å². The molecule has 0 spiro atoms. The summed E-state index contributed by atoms with van der Waals surface area (Å²) in [6.07, 6.45) is -6.46. The Morgan fingerprint density at radius 3 is 1.23 bits per heavy atom. The first kappa shape index (κ1) is 53.0. The van der Waals surface area contributed by atoms with Crippen LogP contribution in [-0.4, -0.2) is 34.7 Å². The van der Waals surface area contributed by atoms with E-state index >= 15 is 0 Å². The van der Waals surface area contributed by atoms with Gasteiger partial charge in [-0.2, -0.15) is 39.5 Å². The number of amides is 2. The molecular formula is C55H48Cl2F10N2O2. The molecular weight excluding hydrogens is 982 g/mol. The lowest BCUT2D eigenvalue weighted by Crippen LogP contribution is -2.33. The van der Waals surface area contributed by atoms with E-state index in [1.165, 1.54) is 47.9 Å². The SMILES string of the molecule is O=C(c1cc(Cl)cc(Cl)c1)N(CCc1cccc(C(F)(F)F)c1)Cc1ccc(C2CCC2)cc1.O=C(c1cc(F)cc(C(F)(F)F)c1)N(CCc1cccc(C(F)(F)F)c1)Cc1ccc(C2CCC2)cc1. The zero-order valence-electron chi connectivity index (χ0n) is 38.1. The van der Waals surface area contributed by atoms with Crippen LogP contribution < -0.4 is 0 Å². The van der Waals surface area contributed by atoms with Crippen LogP contribution in [0, 0.1) is 5.82 Å². The van der Waals surface area contributed by atoms with Crippen LogP contribution in [0.15, 0.2) is 133 Å². The molecule has 2 amide bonds. The van der Waals surface area contributed by atoms with Crippen molar-refractivity contribution in [1.82, 2.24) is 9.80 Å². The molecule has 2 aliphatic carbocycles. The first-order chi connectivity index (χ1) is 33.6. The van der Waals surface area contributed by atoms with Crippen molar-refractivity contribution in [3.05, 3.63) is 211 Å². The molecule has 6 aromatic rings. The summed E-state index contributed by atoms with van der Waals surface area (Å²) < 4.78 is 132. The number of nitrogens with zero attached hydrogens (tertiary/aromatic N) is 2. The molecule has 16 heteroatoms. The standard InChI is InChI=1S/C28H24F7NO.C27H24Cl2F3NO/c29-25-15-22(14-24(16-25)28(33,34)35)26(37)36(12-11-18-3-1-6-23(13-18)27(30,31)32)17-19-7-9-21(10-8-19)20-4-2-5-20;28-24-14-22(15-25(29)16-24)26(34)33(12-11-18-3-1-6-23(13-18)27(30,31)32)17-19-7-9-21(10-8-19)20-4-2-5-20/h1,3,6-10,13-16,20H,2,4-5,11-12,17H2;1,3,6-10,13-16,20H,2,4-5,11-12,17H2. The second kappa shape index (κ2) is 22.7. The maximum absolute atomic E-state index is 14.0. The smallest absolute Gasteiger partial charge is 0.334 e. The second-order valence-electron chi connectivity index (χ2n) is 18.0. The molecule has 71 heavy (non-hydrogen) atoms. The quantitative estimate of drug-likeness (QED) is 0.102. The van der Waals surface area contributed by atoms with Gasteiger partial charge in [-0.25, -0.2) is 4.39 Å². The highest BCUT2D eigenvalue weighted by Gasteiger charge is 2.34. The van der Waals surface area contributed by atoms with Gasteiger partial charge >= 0.3 is 18.5 Å². The highest BCUT2D eigenvalue weighted by molar-refractivity contribution is 6.35. The van der Waals surface area contributed by atoms with Gasteiger partial charge < -0.3 is 9.80 Å². The molecule has 8 rings (SSSR count). The Bertz CT molecular complexity index is 2770. The van der Waals surface area contributed by atoms with Gasteiger partial charge in [0, 0.05) is 47.4 Å². The Hall–Kier alpha value is -5.86. The predicted octanol–water partition coefficient (Wildman–Crippen LogP) is 16.2. The molecule has 0 saturated heterocycles. The van der Waals surface area contributed by atoms with Crippen LogP contribution in [-0.2, 0) is 44.5 Å². The lowest BCUT2D eigenvalue weighted by Gasteiger charge is -2.27. The van der Waals surface area contributed by atoms with Crippen LogP contribution in [0.4, 0.5) is 43.9 Å². The fourth-order valence-electron chi connectivity index (χ4n) is 8.47. The lowest BCUT2D eigenvalue weighted by molar-refractivity contribution is -0.138. The number of alkyl halides is 9. The van der Waals surface area contributed by atoms with Gasteiger partial charge in [0.1, 0.15) is 5.82 Å². The third kappa shape index (κ3) is 14.6. The Labute approximate surface area is 415 Å². The molecule has 0 heterocycles. The minimum Gasteiger partial charge on any atom is -0.334 e. The van der Waals surface area contributed by atoms with Gasteiger partial charge in [0.15, 0.2) is 0 Å². The van der Waals surface area contributed by atoms with E-state index in [0.717, 1.165) is 60.7 Å². The van der Waals surface area contributed by atoms with Crippen molar-refractivity contribution in [2.45, 2.75) is 94.8 Å². The van der Waals surface area contributed by atoms with E-state index in [4.69, 9.17) is 23.2 Å². The average Bonchev–Trinajstić information content (AvgIpc) is 3.27. The first-order valence-corrected chi connectivity index (χ1v) is 23.8. The normalized spacial score (nSPS) is 14.2. The Morgan fingerprint density at radius 2 is 0.859 bits per heavy atom. The van der Waals surface area contributed by atoms with Crippen molar-refractivity contribution in [2.75, 3.05) is 13.1 Å². The molecule has 0 bridgehead atoms. The highest BCUT2D eigenvalue weighted by atomic mass is 35.5. The third-order valence-corrected chi connectivity index (χ3v) is 13.3. The Balaban J connectivity index is 0.000000209. The van der Waals surface area contributed by atoms with Gasteiger partial charge in [-0.15, -0.1) is 0 Å². The molecule has 0 aromatic heterocycles. The van der Waals surface area contributed by atoms with Crippen LogP contribution in [0.5, 0.6) is 0 Å². The average molecular weight is 1030 g/mol. The van der Waals surface area contributed by atoms with Crippen LogP contribution in [0.3, 0.4) is 0 Å². The number of carbonyl (C=O) groups excluding carboxylic acids is 2. The minimum atomic E-state index is -4.85. The summed E-state index contributed by atoms with van der Waals surface area (Å²) in [5.41, 5.74) is 1.97. The minimum absolute atomic E-state index is 0.000601. The van der Waals surface area contributed by atoms with E-state index in [1.807, 2.05) is 36.4 Å². The maximum atomic E-state index is 14.0. The molecule has 0 aliphatic heterocycles. The van der Waals surface area contributed by atoms with E-state index in [0.29, 0.717) is 62.8 Å². The highest BCUT2D eigenvalue weighted by Crippen LogP contribution is 2.38. The first-order valence-electron chi connectivity index (χ1n) is 23.0. The second-order valence-corrected chi connectivity index (χ2v) is 18.8. The number of carbonyl (C=O) groups is 2. The molecule has 0 atom stereocenters. The zero-order chi connectivity index (χ0) is 51.1. The molecule has 0 radical (unpaired) electrons. The molecule has 0 N–H and O–H groups in total. The molecule has 2 saturated carbocycles. The third-order valence-electron chi connectivity index (χ3n) is 12.9. The number of hydrogen-bond acceptors (Lipinski definition) is 2. The molecule has 2 aliphatic rings. The Kier molecular flexibility index (Phi) is 16.9. The summed E-state index contributed by atoms with van der Waals surface area (Å²) in [5, 5.41) is 0.692. The number of rotatable bonds is 14. The topological polar surface area (TPSA) is 40.6 Å². The maximum Gasteiger partial charge on any atom is 0.416 e. The lowest BCUT2D eigenvalue weighted by atomic mass is 9.80. The van der Waals surface area contributed by atoms with E-state index in [-0.39, 0.29) is 38.4 Å². The van der Waals surface area contributed by atoms with Gasteiger partial charge in [-0.3, -0.25) is 9.59 Å². The van der Waals surface area contributed by atoms with Crippen molar-refractivity contribution in [3.63, 3.8) is 0 Å². The van der Waals surface area contributed by atoms with Crippen LogP contribution in [0.25, 0.3) is 0 Å². The molecule has 6 aromatic carbocycles. The molecule has 2 fully saturated rings. The van der Waals surface area contributed by atoms with E-state index in [2.05, 4.69) is 12.1 Å². The van der Waals surface area contributed by atoms with Crippen molar-refractivity contribution in [1.29, 1.82) is 0 Å². The zero-order valence-corrected chi connectivity index (χ0v) is 39.6. The fourth-order valence-corrected chi connectivity index (χ4v) is 9.00. The van der Waals surface area contributed by atoms with Gasteiger partial charge in [0.2, 0.25) is 0 Å². The van der Waals surface area contributed by atoms with Crippen LogP contribution >= 0.6 is 23.2 Å². The predicted molar refractivity (Wildman–Crippen MR) is 254 cm³/mol.